The SMILES string of the molecule is COC(=O)C1COCCN1C(=O)C1CSC(=O)N1. The number of nitrogens with one attached hydrogen (secondary N) is 1. The van der Waals surface area contributed by atoms with Gasteiger partial charge in [-0.2, -0.15) is 0 Å². The molecule has 2 aliphatic heterocycles. The summed E-state index contributed by atoms with van der Waals surface area (Å²) in [6.45, 7) is 0.842. The van der Waals surface area contributed by atoms with Crippen molar-refractivity contribution in [3.63, 3.8) is 0 Å². The summed E-state index contributed by atoms with van der Waals surface area (Å²) in [4.78, 5) is 36.3. The second kappa shape index (κ2) is 5.57. The Balaban J connectivity index is 2.06. The molecule has 2 amide bonds. The number of rotatable bonds is 2. The number of thioether (sulfide) groups is 1. The molecule has 0 bridgehead atoms. The highest BCUT2D eigenvalue weighted by Gasteiger charge is 2.39. The maximum Gasteiger partial charge on any atom is 0.331 e. The smallest absolute Gasteiger partial charge is 0.331 e. The lowest BCUT2D eigenvalue weighted by molar-refractivity contribution is -0.161. The van der Waals surface area contributed by atoms with Gasteiger partial charge in [-0.05, 0) is 0 Å². The fraction of sp³-hybridized carbons (Fsp3) is 0.700. The average Bonchev–Trinajstić information content (AvgIpc) is 2.83. The summed E-state index contributed by atoms with van der Waals surface area (Å²) in [6.07, 6.45) is 0. The van der Waals surface area contributed by atoms with Gasteiger partial charge in [0.15, 0.2) is 6.04 Å². The number of esters is 1. The predicted octanol–water partition coefficient (Wildman–Crippen LogP) is -0.788. The zero-order valence-corrected chi connectivity index (χ0v) is 10.7. The van der Waals surface area contributed by atoms with Crippen LogP contribution in [-0.2, 0) is 19.1 Å². The molecule has 8 heteroatoms. The highest BCUT2D eigenvalue weighted by Crippen LogP contribution is 2.17. The van der Waals surface area contributed by atoms with E-state index in [1.807, 2.05) is 0 Å². The standard InChI is InChI=1S/C10H14N2O5S/c1-16-9(14)7-4-17-3-2-12(7)8(13)6-5-18-10(15)11-6/h6-7H,2-5H2,1H3,(H,11,15). The van der Waals surface area contributed by atoms with Gasteiger partial charge in [0, 0.05) is 12.3 Å². The zero-order chi connectivity index (χ0) is 13.1. The van der Waals surface area contributed by atoms with Gasteiger partial charge >= 0.3 is 5.97 Å². The van der Waals surface area contributed by atoms with Crippen molar-refractivity contribution in [3.05, 3.63) is 0 Å². The second-order valence-electron chi connectivity index (χ2n) is 3.94. The maximum atomic E-state index is 12.2. The van der Waals surface area contributed by atoms with Crippen LogP contribution in [-0.4, -0.2) is 66.7 Å². The third kappa shape index (κ3) is 2.59. The average molecular weight is 274 g/mol. The summed E-state index contributed by atoms with van der Waals surface area (Å²) in [5.74, 6) is -0.366. The number of ether oxygens (including phenoxy) is 2. The van der Waals surface area contributed by atoms with Crippen molar-refractivity contribution in [2.45, 2.75) is 12.1 Å². The molecule has 2 fully saturated rings. The minimum atomic E-state index is -0.723. The Morgan fingerprint density at radius 1 is 1.56 bits per heavy atom. The van der Waals surface area contributed by atoms with Crippen molar-refractivity contribution >= 4 is 28.9 Å². The number of methoxy groups -OCH3 is 1. The first-order valence-corrected chi connectivity index (χ1v) is 6.51. The van der Waals surface area contributed by atoms with Gasteiger partial charge in [0.2, 0.25) is 5.91 Å². The first kappa shape index (κ1) is 13.2. The van der Waals surface area contributed by atoms with Crippen LogP contribution in [0.5, 0.6) is 0 Å². The molecular weight excluding hydrogens is 260 g/mol. The lowest BCUT2D eigenvalue weighted by Gasteiger charge is -2.34. The van der Waals surface area contributed by atoms with Gasteiger partial charge in [-0.15, -0.1) is 0 Å². The minimum Gasteiger partial charge on any atom is -0.467 e. The number of carbonyl (C=O) groups is 3. The van der Waals surface area contributed by atoms with Crippen LogP contribution >= 0.6 is 11.8 Å². The summed E-state index contributed by atoms with van der Waals surface area (Å²) in [6, 6.07) is -1.29. The van der Waals surface area contributed by atoms with Crippen molar-refractivity contribution < 1.29 is 23.9 Å². The van der Waals surface area contributed by atoms with Gasteiger partial charge < -0.3 is 19.7 Å². The summed E-state index contributed by atoms with van der Waals surface area (Å²) in [7, 11) is 1.27. The largest absolute Gasteiger partial charge is 0.467 e. The number of morpholine rings is 1. The number of nitrogens with zero attached hydrogens (tertiary/aromatic N) is 1. The molecule has 2 saturated heterocycles. The van der Waals surface area contributed by atoms with Crippen molar-refractivity contribution in [2.24, 2.45) is 0 Å². The Bertz CT molecular complexity index is 375. The predicted molar refractivity (Wildman–Crippen MR) is 63.1 cm³/mol. The van der Waals surface area contributed by atoms with Crippen LogP contribution in [0.2, 0.25) is 0 Å². The first-order valence-electron chi connectivity index (χ1n) is 5.53. The van der Waals surface area contributed by atoms with Crippen LogP contribution < -0.4 is 5.32 Å². The van der Waals surface area contributed by atoms with Gasteiger partial charge in [0.1, 0.15) is 6.04 Å². The number of carbonyl (C=O) groups excluding carboxylic acids is 3. The second-order valence-corrected chi connectivity index (χ2v) is 4.93. The van der Waals surface area contributed by atoms with Crippen molar-refractivity contribution in [3.8, 4) is 0 Å². The van der Waals surface area contributed by atoms with Crippen molar-refractivity contribution in [1.82, 2.24) is 10.2 Å². The quantitative estimate of drug-likeness (QED) is 0.664. The maximum absolute atomic E-state index is 12.2. The van der Waals surface area contributed by atoms with E-state index in [1.165, 1.54) is 12.0 Å². The van der Waals surface area contributed by atoms with Crippen LogP contribution in [0, 0.1) is 0 Å². The lowest BCUT2D eigenvalue weighted by atomic mass is 10.2. The Kier molecular flexibility index (Phi) is 4.07. The Hall–Kier alpha value is -1.28. The van der Waals surface area contributed by atoms with E-state index in [-0.39, 0.29) is 17.8 Å². The van der Waals surface area contributed by atoms with Crippen molar-refractivity contribution in [2.75, 3.05) is 32.6 Å². The van der Waals surface area contributed by atoms with Gasteiger partial charge in [-0.25, -0.2) is 4.79 Å². The molecule has 2 atom stereocenters. The lowest BCUT2D eigenvalue weighted by Crippen LogP contribution is -2.57. The van der Waals surface area contributed by atoms with Crippen LogP contribution in [0.15, 0.2) is 0 Å². The van der Waals surface area contributed by atoms with Crippen LogP contribution in [0.3, 0.4) is 0 Å². The minimum absolute atomic E-state index is 0.131. The molecule has 18 heavy (non-hydrogen) atoms. The fourth-order valence-electron chi connectivity index (χ4n) is 1.92. The van der Waals surface area contributed by atoms with E-state index in [0.717, 1.165) is 11.8 Å². The summed E-state index contributed by atoms with van der Waals surface area (Å²) < 4.78 is 9.83. The molecule has 0 aromatic rings. The normalized spacial score (nSPS) is 27.8. The molecule has 0 radical (unpaired) electrons. The number of amides is 2. The molecule has 0 spiro atoms. The molecule has 0 aromatic carbocycles. The van der Waals surface area contributed by atoms with E-state index in [1.54, 1.807) is 0 Å². The van der Waals surface area contributed by atoms with Gasteiger partial charge in [-0.1, -0.05) is 11.8 Å². The topological polar surface area (TPSA) is 84.9 Å². The molecule has 100 valence electrons. The Morgan fingerprint density at radius 3 is 2.94 bits per heavy atom. The van der Waals surface area contributed by atoms with E-state index < -0.39 is 18.1 Å². The highest BCUT2D eigenvalue weighted by atomic mass is 32.2. The van der Waals surface area contributed by atoms with Crippen LogP contribution in [0.1, 0.15) is 0 Å². The first-order chi connectivity index (χ1) is 8.63. The monoisotopic (exact) mass is 274 g/mol. The third-order valence-electron chi connectivity index (χ3n) is 2.86. The Morgan fingerprint density at radius 2 is 2.33 bits per heavy atom. The van der Waals surface area contributed by atoms with Crippen LogP contribution in [0.25, 0.3) is 0 Å². The third-order valence-corrected chi connectivity index (χ3v) is 3.74. The highest BCUT2D eigenvalue weighted by molar-refractivity contribution is 8.14. The number of hydrogen-bond donors (Lipinski definition) is 1. The molecule has 2 unspecified atom stereocenters. The van der Waals surface area contributed by atoms with E-state index >= 15 is 0 Å². The molecule has 2 heterocycles. The number of hydrogen-bond acceptors (Lipinski definition) is 6. The molecule has 0 saturated carbocycles. The van der Waals surface area contributed by atoms with E-state index in [2.05, 4.69) is 10.1 Å². The molecular formula is C10H14N2O5S. The van der Waals surface area contributed by atoms with Gasteiger partial charge in [0.25, 0.3) is 5.24 Å². The summed E-state index contributed by atoms with van der Waals surface area (Å²) in [5, 5.41) is 2.36. The Labute approximate surface area is 108 Å². The van der Waals surface area contributed by atoms with E-state index in [0.29, 0.717) is 18.9 Å². The fourth-order valence-corrected chi connectivity index (χ4v) is 2.69. The summed E-state index contributed by atoms with van der Waals surface area (Å²) >= 11 is 1.07. The molecule has 1 N–H and O–H groups in total. The van der Waals surface area contributed by atoms with E-state index in [4.69, 9.17) is 4.74 Å². The molecule has 0 aromatic heterocycles. The molecule has 2 rings (SSSR count). The molecule has 2 aliphatic rings. The van der Waals surface area contributed by atoms with Crippen LogP contribution in [0.4, 0.5) is 4.79 Å². The van der Waals surface area contributed by atoms with E-state index in [9.17, 15) is 14.4 Å². The molecule has 7 nitrogen and oxygen atoms in total. The summed E-state index contributed by atoms with van der Waals surface area (Å²) in [5.41, 5.74) is 0. The molecule has 0 aliphatic carbocycles. The zero-order valence-electron chi connectivity index (χ0n) is 9.88. The van der Waals surface area contributed by atoms with Gasteiger partial charge in [-0.3, -0.25) is 9.59 Å². The van der Waals surface area contributed by atoms with Gasteiger partial charge in [0.05, 0.1) is 20.3 Å². The van der Waals surface area contributed by atoms with Crippen molar-refractivity contribution in [1.29, 1.82) is 0 Å².